The highest BCUT2D eigenvalue weighted by Gasteiger charge is 2.38. The zero-order valence-corrected chi connectivity index (χ0v) is 30.1. The van der Waals surface area contributed by atoms with Crippen LogP contribution < -0.4 is 10.6 Å². The van der Waals surface area contributed by atoms with Crippen LogP contribution in [-0.4, -0.2) is 73.5 Å². The first-order valence-corrected chi connectivity index (χ1v) is 18.1. The number of ether oxygens (including phenoxy) is 1. The van der Waals surface area contributed by atoms with Gasteiger partial charge in [0.1, 0.15) is 5.70 Å². The number of piperidine rings is 1. The zero-order valence-electron chi connectivity index (χ0n) is 30.1. The van der Waals surface area contributed by atoms with E-state index in [1.807, 2.05) is 13.0 Å². The van der Waals surface area contributed by atoms with E-state index in [0.717, 1.165) is 56.6 Å². The molecular formula is C41H51N5O5. The molecule has 0 spiro atoms. The highest BCUT2D eigenvalue weighted by Crippen LogP contribution is 2.42. The first-order valence-electron chi connectivity index (χ1n) is 18.1. The minimum absolute atomic E-state index is 0.00572. The van der Waals surface area contributed by atoms with E-state index in [9.17, 15) is 19.7 Å². The molecule has 2 aliphatic rings. The van der Waals surface area contributed by atoms with E-state index < -0.39 is 11.0 Å². The molecule has 2 aliphatic heterocycles. The molecule has 10 heteroatoms. The van der Waals surface area contributed by atoms with E-state index in [-0.39, 0.29) is 28.6 Å². The summed E-state index contributed by atoms with van der Waals surface area (Å²) in [5.41, 5.74) is 4.93. The number of rotatable bonds is 16. The molecule has 0 bridgehead atoms. The van der Waals surface area contributed by atoms with Crippen LogP contribution >= 0.6 is 0 Å². The molecule has 0 aromatic heterocycles. The Balaban J connectivity index is 1.34. The number of likely N-dealkylation sites (N-methyl/N-ethyl adjacent to an activating group) is 1. The van der Waals surface area contributed by atoms with Crippen molar-refractivity contribution in [3.05, 3.63) is 135 Å². The van der Waals surface area contributed by atoms with E-state index in [1.165, 1.54) is 23.3 Å². The summed E-state index contributed by atoms with van der Waals surface area (Å²) in [6.07, 6.45) is 7.18. The van der Waals surface area contributed by atoms with Gasteiger partial charge in [-0.05, 0) is 68.3 Å². The van der Waals surface area contributed by atoms with Crippen LogP contribution in [0.4, 0.5) is 5.69 Å². The molecule has 1 atom stereocenters. The van der Waals surface area contributed by atoms with Crippen molar-refractivity contribution < 1.29 is 19.2 Å². The lowest BCUT2D eigenvalue weighted by molar-refractivity contribution is -0.384. The molecule has 0 saturated carbocycles. The number of carbonyl (C=O) groups excluding carboxylic acids is 2. The SMILES string of the molecule is CCC1=CCC(C(=O)N(C)CCCCOC)=C(C(=O)NC(CCN2CCC(c3ccccc3)(c3ccccc3)CC2)c2ccc([N+](=O)[O-])cc2)N1. The van der Waals surface area contributed by atoms with Gasteiger partial charge in [-0.3, -0.25) is 19.7 Å². The summed E-state index contributed by atoms with van der Waals surface area (Å²) in [6, 6.07) is 27.4. The number of hydrogen-bond acceptors (Lipinski definition) is 7. The molecule has 3 aromatic carbocycles. The second-order valence-electron chi connectivity index (χ2n) is 13.5. The third-order valence-corrected chi connectivity index (χ3v) is 10.4. The molecule has 2 N–H and O–H groups in total. The second kappa shape index (κ2) is 17.9. The summed E-state index contributed by atoms with van der Waals surface area (Å²) in [5.74, 6) is -0.545. The molecule has 2 amide bonds. The number of nitro benzene ring substituents is 1. The molecular weight excluding hydrogens is 642 g/mol. The normalized spacial score (nSPS) is 16.5. The van der Waals surface area contributed by atoms with Crippen LogP contribution in [0.25, 0.3) is 0 Å². The topological polar surface area (TPSA) is 117 Å². The number of allylic oxidation sites excluding steroid dienone is 2. The van der Waals surface area contributed by atoms with Gasteiger partial charge in [0.25, 0.3) is 17.5 Å². The van der Waals surface area contributed by atoms with Gasteiger partial charge in [0.2, 0.25) is 0 Å². The minimum atomic E-state index is -0.429. The molecule has 1 fully saturated rings. The summed E-state index contributed by atoms with van der Waals surface area (Å²) >= 11 is 0. The average Bonchev–Trinajstić information content (AvgIpc) is 3.18. The summed E-state index contributed by atoms with van der Waals surface area (Å²) in [4.78, 5) is 42.9. The van der Waals surface area contributed by atoms with E-state index in [0.29, 0.717) is 38.0 Å². The van der Waals surface area contributed by atoms with Crippen LogP contribution in [0.3, 0.4) is 0 Å². The molecule has 5 rings (SSSR count). The third kappa shape index (κ3) is 9.31. The number of methoxy groups -OCH3 is 1. The van der Waals surface area contributed by atoms with Crippen molar-refractivity contribution >= 4 is 17.5 Å². The van der Waals surface area contributed by atoms with Gasteiger partial charge in [-0.15, -0.1) is 0 Å². The molecule has 3 aromatic rings. The molecule has 1 saturated heterocycles. The van der Waals surface area contributed by atoms with Crippen molar-refractivity contribution in [1.82, 2.24) is 20.4 Å². The molecule has 0 radical (unpaired) electrons. The highest BCUT2D eigenvalue weighted by molar-refractivity contribution is 6.05. The van der Waals surface area contributed by atoms with Gasteiger partial charge in [0.15, 0.2) is 0 Å². The van der Waals surface area contributed by atoms with Gasteiger partial charge < -0.3 is 25.2 Å². The Bertz CT molecular complexity index is 1640. The predicted octanol–water partition coefficient (Wildman–Crippen LogP) is 6.65. The zero-order chi connectivity index (χ0) is 36.2. The maximum Gasteiger partial charge on any atom is 0.269 e. The standard InChI is InChI=1S/C41H51N5O5/c1-4-34-19-22-36(40(48)44(2)26-11-12-30-51-3)38(42-34)39(47)43-37(31-17-20-35(21-18-31)46(49)50)23-27-45-28-24-41(25-29-45,32-13-7-5-8-14-32)33-15-9-6-10-16-33/h5-10,13-21,37,42H,4,11-12,22-30H2,1-3H3,(H,43,47). The number of amides is 2. The van der Waals surface area contributed by atoms with Crippen molar-refractivity contribution in [3.8, 4) is 0 Å². The van der Waals surface area contributed by atoms with Crippen LogP contribution in [0.5, 0.6) is 0 Å². The number of nitrogens with zero attached hydrogens (tertiary/aromatic N) is 3. The number of nitrogens with one attached hydrogen (secondary N) is 2. The second-order valence-corrected chi connectivity index (χ2v) is 13.5. The molecule has 270 valence electrons. The third-order valence-electron chi connectivity index (χ3n) is 10.4. The van der Waals surface area contributed by atoms with Crippen molar-refractivity contribution in [2.75, 3.05) is 46.9 Å². The lowest BCUT2D eigenvalue weighted by Crippen LogP contribution is -2.44. The number of unbranched alkanes of at least 4 members (excludes halogenated alkanes) is 1. The molecule has 51 heavy (non-hydrogen) atoms. The van der Waals surface area contributed by atoms with Crippen LogP contribution in [0, 0.1) is 10.1 Å². The Labute approximate surface area is 301 Å². The van der Waals surface area contributed by atoms with E-state index in [2.05, 4.69) is 76.2 Å². The minimum Gasteiger partial charge on any atom is -0.385 e. The summed E-state index contributed by atoms with van der Waals surface area (Å²) in [5, 5.41) is 17.9. The number of benzene rings is 3. The number of non-ortho nitro benzene ring substituents is 1. The number of nitro groups is 1. The van der Waals surface area contributed by atoms with Crippen LogP contribution in [-0.2, 0) is 19.7 Å². The molecule has 10 nitrogen and oxygen atoms in total. The Hall–Kier alpha value is -4.80. The maximum atomic E-state index is 14.1. The number of carbonyl (C=O) groups is 2. The lowest BCUT2D eigenvalue weighted by atomic mass is 9.68. The van der Waals surface area contributed by atoms with Gasteiger partial charge in [-0.1, -0.05) is 85.8 Å². The summed E-state index contributed by atoms with van der Waals surface area (Å²) < 4.78 is 5.15. The van der Waals surface area contributed by atoms with Crippen LogP contribution in [0.1, 0.15) is 74.6 Å². The number of dihydropyridines is 1. The van der Waals surface area contributed by atoms with Crippen LogP contribution in [0.2, 0.25) is 0 Å². The molecule has 0 aliphatic carbocycles. The number of hydrogen-bond donors (Lipinski definition) is 2. The van der Waals surface area contributed by atoms with Gasteiger partial charge in [-0.2, -0.15) is 0 Å². The van der Waals surface area contributed by atoms with Gasteiger partial charge in [0, 0.05) is 63.5 Å². The average molecular weight is 694 g/mol. The number of likely N-dealkylation sites (tertiary alicyclic amines) is 1. The smallest absolute Gasteiger partial charge is 0.269 e. The van der Waals surface area contributed by atoms with Crippen LogP contribution in [0.15, 0.2) is 108 Å². The quantitative estimate of drug-likeness (QED) is 0.0981. The highest BCUT2D eigenvalue weighted by atomic mass is 16.6. The fourth-order valence-corrected chi connectivity index (χ4v) is 7.27. The fraction of sp³-hybridized carbons (Fsp3) is 0.415. The Morgan fingerprint density at radius 1 is 0.980 bits per heavy atom. The first kappa shape index (κ1) is 37.5. The van der Waals surface area contributed by atoms with Crippen molar-refractivity contribution in [3.63, 3.8) is 0 Å². The van der Waals surface area contributed by atoms with Gasteiger partial charge >= 0.3 is 0 Å². The monoisotopic (exact) mass is 693 g/mol. The van der Waals surface area contributed by atoms with E-state index in [1.54, 1.807) is 31.2 Å². The summed E-state index contributed by atoms with van der Waals surface area (Å²) in [7, 11) is 3.42. The molecule has 2 heterocycles. The van der Waals surface area contributed by atoms with Gasteiger partial charge in [-0.25, -0.2) is 0 Å². The van der Waals surface area contributed by atoms with Gasteiger partial charge in [0.05, 0.1) is 16.5 Å². The first-order chi connectivity index (χ1) is 24.8. The van der Waals surface area contributed by atoms with E-state index >= 15 is 0 Å². The van der Waals surface area contributed by atoms with Crippen molar-refractivity contribution in [1.29, 1.82) is 0 Å². The lowest BCUT2D eigenvalue weighted by Gasteiger charge is -2.43. The Kier molecular flexibility index (Phi) is 13.2. The molecule has 1 unspecified atom stereocenters. The van der Waals surface area contributed by atoms with Crippen molar-refractivity contribution in [2.45, 2.75) is 63.3 Å². The van der Waals surface area contributed by atoms with E-state index in [4.69, 9.17) is 4.74 Å². The maximum absolute atomic E-state index is 14.1. The Morgan fingerprint density at radius 2 is 1.61 bits per heavy atom. The summed E-state index contributed by atoms with van der Waals surface area (Å²) in [6.45, 7) is 5.69. The predicted molar refractivity (Wildman–Crippen MR) is 200 cm³/mol. The largest absolute Gasteiger partial charge is 0.385 e. The van der Waals surface area contributed by atoms with Crippen molar-refractivity contribution in [2.24, 2.45) is 0 Å². The Morgan fingerprint density at radius 3 is 2.18 bits per heavy atom. The fourth-order valence-electron chi connectivity index (χ4n) is 7.27.